The summed E-state index contributed by atoms with van der Waals surface area (Å²) in [6.07, 6.45) is -2.27. The number of hydrogen-bond acceptors (Lipinski definition) is 7. The molecule has 1 aromatic heterocycles. The number of esters is 1. The second-order valence-electron chi connectivity index (χ2n) is 8.42. The minimum atomic E-state index is -4.43. The fraction of sp³-hybridized carbons (Fsp3) is 0.417. The molecule has 0 saturated carbocycles. The van der Waals surface area contributed by atoms with Gasteiger partial charge in [-0.3, -0.25) is 9.59 Å². The van der Waals surface area contributed by atoms with E-state index in [4.69, 9.17) is 4.74 Å². The number of pyridine rings is 1. The van der Waals surface area contributed by atoms with Crippen molar-refractivity contribution in [3.05, 3.63) is 53.7 Å². The number of ether oxygens (including phenoxy) is 1. The molecular weight excluding hydrogens is 465 g/mol. The first kappa shape index (κ1) is 24.6. The number of carbonyl (C=O) groups is 3. The maximum absolute atomic E-state index is 12.9. The van der Waals surface area contributed by atoms with Crippen LogP contribution in [0.3, 0.4) is 0 Å². The molecule has 186 valence electrons. The van der Waals surface area contributed by atoms with E-state index in [-0.39, 0.29) is 30.9 Å². The number of amides is 2. The number of alkyl halides is 3. The topological polar surface area (TPSA) is 91.8 Å². The normalized spacial score (nSPS) is 19.4. The van der Waals surface area contributed by atoms with E-state index < -0.39 is 23.8 Å². The Kier molecular flexibility index (Phi) is 7.06. The summed E-state index contributed by atoms with van der Waals surface area (Å²) in [7, 11) is 0. The van der Waals surface area contributed by atoms with Crippen LogP contribution < -0.4 is 15.1 Å². The molecule has 0 unspecified atom stereocenters. The Balaban J connectivity index is 1.32. The molecule has 2 amide bonds. The van der Waals surface area contributed by atoms with Crippen LogP contribution >= 0.6 is 0 Å². The van der Waals surface area contributed by atoms with E-state index in [2.05, 4.69) is 10.3 Å². The van der Waals surface area contributed by atoms with Crippen LogP contribution in [0.5, 0.6) is 0 Å². The SMILES string of the molecule is CCOC(=O)c1ccc(N2C(=O)C[C@H](NC3CCN(c4ccc(C(F)(F)F)cn4)CC3)C2=O)cc1. The molecule has 0 aliphatic carbocycles. The molecule has 2 aliphatic heterocycles. The number of nitrogens with zero attached hydrogens (tertiary/aromatic N) is 3. The van der Waals surface area contributed by atoms with Crippen molar-refractivity contribution in [2.45, 2.75) is 44.4 Å². The molecule has 8 nitrogen and oxygen atoms in total. The number of benzene rings is 1. The van der Waals surface area contributed by atoms with Gasteiger partial charge in [0.1, 0.15) is 5.82 Å². The summed E-state index contributed by atoms with van der Waals surface area (Å²) in [5, 5.41) is 3.26. The summed E-state index contributed by atoms with van der Waals surface area (Å²) in [5.41, 5.74) is -0.0680. The predicted molar refractivity (Wildman–Crippen MR) is 121 cm³/mol. The summed E-state index contributed by atoms with van der Waals surface area (Å²) >= 11 is 0. The van der Waals surface area contributed by atoms with Gasteiger partial charge >= 0.3 is 12.1 Å². The Morgan fingerprint density at radius 3 is 2.37 bits per heavy atom. The molecule has 11 heteroatoms. The zero-order valence-corrected chi connectivity index (χ0v) is 19.0. The van der Waals surface area contributed by atoms with Crippen molar-refractivity contribution >= 4 is 29.3 Å². The molecule has 2 aromatic rings. The predicted octanol–water partition coefficient (Wildman–Crippen LogP) is 3.17. The Morgan fingerprint density at radius 1 is 1.11 bits per heavy atom. The first-order valence-electron chi connectivity index (χ1n) is 11.4. The second kappa shape index (κ2) is 10.0. The zero-order valence-electron chi connectivity index (χ0n) is 19.0. The first-order chi connectivity index (χ1) is 16.7. The minimum Gasteiger partial charge on any atom is -0.462 e. The van der Waals surface area contributed by atoms with Gasteiger partial charge in [0.15, 0.2) is 0 Å². The van der Waals surface area contributed by atoms with Crippen LogP contribution in [-0.4, -0.2) is 54.5 Å². The van der Waals surface area contributed by atoms with E-state index in [1.807, 2.05) is 4.90 Å². The van der Waals surface area contributed by atoms with Gasteiger partial charge in [-0.05, 0) is 56.2 Å². The highest BCUT2D eigenvalue weighted by molar-refractivity contribution is 6.22. The van der Waals surface area contributed by atoms with Crippen LogP contribution in [0.25, 0.3) is 0 Å². The Morgan fingerprint density at radius 2 is 1.80 bits per heavy atom. The molecule has 35 heavy (non-hydrogen) atoms. The average Bonchev–Trinajstić information content (AvgIpc) is 3.12. The van der Waals surface area contributed by atoms with Gasteiger partial charge in [-0.2, -0.15) is 13.2 Å². The molecule has 0 radical (unpaired) electrons. The van der Waals surface area contributed by atoms with E-state index in [9.17, 15) is 27.6 Å². The number of rotatable bonds is 6. The van der Waals surface area contributed by atoms with Crippen LogP contribution in [0, 0.1) is 0 Å². The molecule has 1 N–H and O–H groups in total. The van der Waals surface area contributed by atoms with E-state index in [1.165, 1.54) is 18.2 Å². The smallest absolute Gasteiger partial charge is 0.417 e. The maximum Gasteiger partial charge on any atom is 0.417 e. The molecule has 1 aromatic carbocycles. The van der Waals surface area contributed by atoms with Crippen LogP contribution in [-0.2, 0) is 20.5 Å². The fourth-order valence-electron chi connectivity index (χ4n) is 4.29. The van der Waals surface area contributed by atoms with Crippen molar-refractivity contribution < 1.29 is 32.3 Å². The highest BCUT2D eigenvalue weighted by Crippen LogP contribution is 2.30. The van der Waals surface area contributed by atoms with Crippen molar-refractivity contribution in [2.75, 3.05) is 29.5 Å². The third-order valence-electron chi connectivity index (χ3n) is 6.11. The molecule has 0 spiro atoms. The third-order valence-corrected chi connectivity index (χ3v) is 6.11. The van der Waals surface area contributed by atoms with E-state index >= 15 is 0 Å². The zero-order chi connectivity index (χ0) is 25.2. The second-order valence-corrected chi connectivity index (χ2v) is 8.42. The fourth-order valence-corrected chi connectivity index (χ4v) is 4.29. The number of piperidine rings is 1. The van der Waals surface area contributed by atoms with Crippen molar-refractivity contribution in [1.82, 2.24) is 10.3 Å². The van der Waals surface area contributed by atoms with Crippen molar-refractivity contribution in [2.24, 2.45) is 0 Å². The Hall–Kier alpha value is -3.47. The molecule has 2 aliphatic rings. The number of aromatic nitrogens is 1. The lowest BCUT2D eigenvalue weighted by Crippen LogP contribution is -2.49. The molecule has 1 atom stereocenters. The lowest BCUT2D eigenvalue weighted by molar-refractivity contribution is -0.137. The number of anilines is 2. The maximum atomic E-state index is 12.9. The summed E-state index contributed by atoms with van der Waals surface area (Å²) in [4.78, 5) is 44.3. The molecule has 2 saturated heterocycles. The highest BCUT2D eigenvalue weighted by atomic mass is 19.4. The van der Waals surface area contributed by atoms with Gasteiger partial charge in [0.25, 0.3) is 5.91 Å². The van der Waals surface area contributed by atoms with Crippen molar-refractivity contribution in [3.8, 4) is 0 Å². The van der Waals surface area contributed by atoms with Crippen molar-refractivity contribution in [3.63, 3.8) is 0 Å². The number of imide groups is 1. The summed E-state index contributed by atoms with van der Waals surface area (Å²) in [6, 6.07) is 7.81. The van der Waals surface area contributed by atoms with Gasteiger partial charge in [-0.1, -0.05) is 0 Å². The monoisotopic (exact) mass is 490 g/mol. The molecule has 2 fully saturated rings. The number of halogens is 3. The van der Waals surface area contributed by atoms with Gasteiger partial charge in [-0.25, -0.2) is 14.7 Å². The van der Waals surface area contributed by atoms with Crippen molar-refractivity contribution in [1.29, 1.82) is 0 Å². The number of nitrogens with one attached hydrogen (secondary N) is 1. The third kappa shape index (κ3) is 5.45. The van der Waals surface area contributed by atoms with E-state index in [0.717, 1.165) is 17.2 Å². The largest absolute Gasteiger partial charge is 0.462 e. The van der Waals surface area contributed by atoms with E-state index in [1.54, 1.807) is 19.1 Å². The van der Waals surface area contributed by atoms with Gasteiger partial charge in [-0.15, -0.1) is 0 Å². The number of hydrogen-bond donors (Lipinski definition) is 1. The Labute approximate surface area is 200 Å². The molecule has 4 rings (SSSR count). The van der Waals surface area contributed by atoms with Gasteiger partial charge in [0.2, 0.25) is 5.91 Å². The molecule has 3 heterocycles. The Bertz CT molecular complexity index is 1080. The summed E-state index contributed by atoms with van der Waals surface area (Å²) in [6.45, 7) is 3.07. The minimum absolute atomic E-state index is 0.0198. The number of carbonyl (C=O) groups excluding carboxylic acids is 3. The standard InChI is InChI=1S/C24H25F3N4O4/c1-2-35-23(34)15-3-6-18(7-4-15)31-21(32)13-19(22(31)33)29-17-9-11-30(12-10-17)20-8-5-16(14-28-20)24(25,26)27/h3-8,14,17,19,29H,2,9-13H2,1H3/t19-/m0/s1. The first-order valence-corrected chi connectivity index (χ1v) is 11.4. The molecular formula is C24H25F3N4O4. The highest BCUT2D eigenvalue weighted by Gasteiger charge is 2.41. The van der Waals surface area contributed by atoms with Gasteiger partial charge in [0, 0.05) is 25.3 Å². The van der Waals surface area contributed by atoms with Crippen LogP contribution in [0.4, 0.5) is 24.7 Å². The molecule has 0 bridgehead atoms. The average molecular weight is 490 g/mol. The van der Waals surface area contributed by atoms with Crippen LogP contribution in [0.15, 0.2) is 42.6 Å². The van der Waals surface area contributed by atoms with E-state index in [0.29, 0.717) is 43.0 Å². The van der Waals surface area contributed by atoms with Crippen LogP contribution in [0.1, 0.15) is 42.1 Å². The van der Waals surface area contributed by atoms with Gasteiger partial charge < -0.3 is 15.0 Å². The lowest BCUT2D eigenvalue weighted by atomic mass is 10.0. The van der Waals surface area contributed by atoms with Gasteiger partial charge in [0.05, 0.1) is 35.9 Å². The quantitative estimate of drug-likeness (QED) is 0.491. The summed E-state index contributed by atoms with van der Waals surface area (Å²) in [5.74, 6) is -0.690. The lowest BCUT2D eigenvalue weighted by Gasteiger charge is -2.34. The summed E-state index contributed by atoms with van der Waals surface area (Å²) < 4.78 is 43.2. The van der Waals surface area contributed by atoms with Crippen LogP contribution in [0.2, 0.25) is 0 Å².